The Labute approximate surface area is 129 Å². The van der Waals surface area contributed by atoms with Gasteiger partial charge in [0.2, 0.25) is 5.91 Å². The molecular weight excluding hydrogens is 314 g/mol. The molecule has 0 N–H and O–H groups in total. The van der Waals surface area contributed by atoms with Gasteiger partial charge in [0.05, 0.1) is 17.2 Å². The molecule has 0 aliphatic carbocycles. The fourth-order valence-corrected chi connectivity index (χ4v) is 4.38. The predicted molar refractivity (Wildman–Crippen MR) is 81.8 cm³/mol. The normalized spacial score (nSPS) is 21.0. The lowest BCUT2D eigenvalue weighted by Gasteiger charge is -2.21. The van der Waals surface area contributed by atoms with Crippen LogP contribution in [0.25, 0.3) is 6.08 Å². The van der Waals surface area contributed by atoms with E-state index < -0.39 is 9.84 Å². The van der Waals surface area contributed by atoms with E-state index in [2.05, 4.69) is 5.10 Å². The number of nitrogens with zero attached hydrogens (tertiary/aromatic N) is 3. The van der Waals surface area contributed by atoms with Crippen molar-refractivity contribution in [1.82, 2.24) is 14.7 Å². The smallest absolute Gasteiger partial charge is 0.246 e. The van der Waals surface area contributed by atoms with E-state index in [1.54, 1.807) is 20.2 Å². The SMILES string of the molecule is Cc1nn(C)c(Cl)c1C=CC(=O)N(C)C1CCS(=O)(=O)C1. The van der Waals surface area contributed by atoms with E-state index in [4.69, 9.17) is 11.6 Å². The van der Waals surface area contributed by atoms with Gasteiger partial charge in [0.15, 0.2) is 9.84 Å². The Kier molecular flexibility index (Phi) is 4.43. The highest BCUT2D eigenvalue weighted by atomic mass is 35.5. The number of aryl methyl sites for hydroxylation is 2. The molecule has 1 aromatic heterocycles. The van der Waals surface area contributed by atoms with Crippen LogP contribution in [0.1, 0.15) is 17.7 Å². The van der Waals surface area contributed by atoms with Crippen LogP contribution in [0.4, 0.5) is 0 Å². The van der Waals surface area contributed by atoms with Gasteiger partial charge in [-0.15, -0.1) is 0 Å². The molecule has 1 aromatic rings. The molecule has 0 spiro atoms. The quantitative estimate of drug-likeness (QED) is 0.776. The van der Waals surface area contributed by atoms with Gasteiger partial charge >= 0.3 is 0 Å². The van der Waals surface area contributed by atoms with Crippen molar-refractivity contribution in [2.24, 2.45) is 7.05 Å². The van der Waals surface area contributed by atoms with E-state index in [-0.39, 0.29) is 23.5 Å². The van der Waals surface area contributed by atoms with Gasteiger partial charge in [-0.1, -0.05) is 11.6 Å². The number of hydrogen-bond acceptors (Lipinski definition) is 4. The molecule has 6 nitrogen and oxygen atoms in total. The molecular formula is C13H18ClN3O3S. The van der Waals surface area contributed by atoms with Gasteiger partial charge in [-0.3, -0.25) is 9.48 Å². The van der Waals surface area contributed by atoms with Crippen LogP contribution >= 0.6 is 11.6 Å². The maximum absolute atomic E-state index is 12.1. The van der Waals surface area contributed by atoms with Crippen LogP contribution in [0.2, 0.25) is 5.15 Å². The Hall–Kier alpha value is -1.34. The molecule has 1 atom stereocenters. The summed E-state index contributed by atoms with van der Waals surface area (Å²) in [7, 11) is 0.343. The van der Waals surface area contributed by atoms with Crippen LogP contribution < -0.4 is 0 Å². The molecule has 1 unspecified atom stereocenters. The first kappa shape index (κ1) is 16.0. The van der Waals surface area contributed by atoms with Crippen LogP contribution in [-0.4, -0.2) is 53.6 Å². The summed E-state index contributed by atoms with van der Waals surface area (Å²) in [6.45, 7) is 1.81. The van der Waals surface area contributed by atoms with Crippen LogP contribution in [0.15, 0.2) is 6.08 Å². The lowest BCUT2D eigenvalue weighted by molar-refractivity contribution is -0.126. The fourth-order valence-electron chi connectivity index (χ4n) is 2.37. The molecule has 1 fully saturated rings. The molecule has 0 saturated carbocycles. The maximum atomic E-state index is 12.1. The van der Waals surface area contributed by atoms with Crippen molar-refractivity contribution < 1.29 is 13.2 Å². The first-order valence-corrected chi connectivity index (χ1v) is 8.75. The number of hydrogen-bond donors (Lipinski definition) is 0. The van der Waals surface area contributed by atoms with Crippen molar-refractivity contribution in [3.63, 3.8) is 0 Å². The third kappa shape index (κ3) is 3.47. The molecule has 1 aliphatic rings. The van der Waals surface area contributed by atoms with Crippen molar-refractivity contribution in [1.29, 1.82) is 0 Å². The Morgan fingerprint density at radius 3 is 2.67 bits per heavy atom. The van der Waals surface area contributed by atoms with Gasteiger partial charge < -0.3 is 4.90 Å². The number of aromatic nitrogens is 2. The molecule has 8 heteroatoms. The lowest BCUT2D eigenvalue weighted by Crippen LogP contribution is -2.36. The van der Waals surface area contributed by atoms with Crippen LogP contribution in [0, 0.1) is 6.92 Å². The number of rotatable bonds is 3. The van der Waals surface area contributed by atoms with Crippen LogP contribution in [-0.2, 0) is 21.7 Å². The van der Waals surface area contributed by atoms with E-state index in [0.717, 1.165) is 5.69 Å². The van der Waals surface area contributed by atoms with Crippen molar-refractivity contribution in [3.05, 3.63) is 22.5 Å². The summed E-state index contributed by atoms with van der Waals surface area (Å²) in [5.74, 6) is -0.0566. The zero-order valence-corrected chi connectivity index (χ0v) is 13.8. The van der Waals surface area contributed by atoms with Gasteiger partial charge in [0, 0.05) is 31.8 Å². The third-order valence-corrected chi connectivity index (χ3v) is 5.89. The first-order valence-electron chi connectivity index (χ1n) is 6.55. The van der Waals surface area contributed by atoms with Crippen LogP contribution in [0.3, 0.4) is 0 Å². The van der Waals surface area contributed by atoms with E-state index in [0.29, 0.717) is 17.1 Å². The molecule has 2 heterocycles. The van der Waals surface area contributed by atoms with Gasteiger partial charge in [0.1, 0.15) is 5.15 Å². The second-order valence-electron chi connectivity index (χ2n) is 5.25. The Morgan fingerprint density at radius 2 is 2.19 bits per heavy atom. The number of carbonyl (C=O) groups excluding carboxylic acids is 1. The standard InChI is InChI=1S/C13H18ClN3O3S/c1-9-11(13(14)17(3)15-9)4-5-12(18)16(2)10-6-7-21(19,20)8-10/h4-5,10H,6-8H2,1-3H3. The highest BCUT2D eigenvalue weighted by Crippen LogP contribution is 2.21. The average molecular weight is 332 g/mol. The van der Waals surface area contributed by atoms with Gasteiger partial charge in [0.25, 0.3) is 0 Å². The molecule has 116 valence electrons. The van der Waals surface area contributed by atoms with E-state index in [1.807, 2.05) is 6.92 Å². The number of amides is 1. The summed E-state index contributed by atoms with van der Waals surface area (Å²) < 4.78 is 24.4. The molecule has 2 rings (SSSR count). The van der Waals surface area contributed by atoms with E-state index >= 15 is 0 Å². The predicted octanol–water partition coefficient (Wildman–Crippen LogP) is 1.04. The van der Waals surface area contributed by atoms with E-state index in [1.165, 1.54) is 15.7 Å². The molecule has 0 bridgehead atoms. The van der Waals surface area contributed by atoms with Crippen molar-refractivity contribution in [3.8, 4) is 0 Å². The second kappa shape index (κ2) is 5.81. The summed E-state index contributed by atoms with van der Waals surface area (Å²) >= 11 is 6.09. The minimum absolute atomic E-state index is 0.0375. The maximum Gasteiger partial charge on any atom is 0.246 e. The highest BCUT2D eigenvalue weighted by Gasteiger charge is 2.32. The van der Waals surface area contributed by atoms with Gasteiger partial charge in [-0.2, -0.15) is 5.10 Å². The summed E-state index contributed by atoms with van der Waals surface area (Å²) in [4.78, 5) is 13.6. The lowest BCUT2D eigenvalue weighted by atomic mass is 10.2. The largest absolute Gasteiger partial charge is 0.338 e. The highest BCUT2D eigenvalue weighted by molar-refractivity contribution is 7.91. The van der Waals surface area contributed by atoms with E-state index in [9.17, 15) is 13.2 Å². The Morgan fingerprint density at radius 1 is 1.52 bits per heavy atom. The zero-order chi connectivity index (χ0) is 15.8. The zero-order valence-electron chi connectivity index (χ0n) is 12.2. The second-order valence-corrected chi connectivity index (χ2v) is 7.84. The monoisotopic (exact) mass is 331 g/mol. The van der Waals surface area contributed by atoms with Gasteiger partial charge in [-0.05, 0) is 19.4 Å². The topological polar surface area (TPSA) is 72.3 Å². The molecule has 1 amide bonds. The number of sulfone groups is 1. The van der Waals surface area contributed by atoms with Crippen molar-refractivity contribution in [2.45, 2.75) is 19.4 Å². The van der Waals surface area contributed by atoms with Crippen molar-refractivity contribution >= 4 is 33.4 Å². The minimum atomic E-state index is -3.00. The average Bonchev–Trinajstić information content (AvgIpc) is 2.87. The van der Waals surface area contributed by atoms with Gasteiger partial charge in [-0.25, -0.2) is 8.42 Å². The molecule has 0 aromatic carbocycles. The molecule has 1 aliphatic heterocycles. The minimum Gasteiger partial charge on any atom is -0.338 e. The number of carbonyl (C=O) groups is 1. The third-order valence-electron chi connectivity index (χ3n) is 3.69. The Bertz CT molecular complexity index is 694. The molecule has 21 heavy (non-hydrogen) atoms. The number of likely N-dealkylation sites (N-methyl/N-ethyl adjacent to an activating group) is 1. The summed E-state index contributed by atoms with van der Waals surface area (Å²) in [6.07, 6.45) is 3.51. The summed E-state index contributed by atoms with van der Waals surface area (Å²) in [6, 6.07) is -0.252. The number of halogens is 1. The summed E-state index contributed by atoms with van der Waals surface area (Å²) in [5, 5.41) is 4.62. The van der Waals surface area contributed by atoms with Crippen LogP contribution in [0.5, 0.6) is 0 Å². The fraction of sp³-hybridized carbons (Fsp3) is 0.538. The first-order chi connectivity index (χ1) is 9.71. The summed E-state index contributed by atoms with van der Waals surface area (Å²) in [5.41, 5.74) is 1.43. The molecule has 1 saturated heterocycles. The Balaban J connectivity index is 2.09. The molecule has 0 radical (unpaired) electrons. The van der Waals surface area contributed by atoms with Crippen molar-refractivity contribution in [2.75, 3.05) is 18.6 Å².